The highest BCUT2D eigenvalue weighted by atomic mass is 15.3. The monoisotopic (exact) mass is 285 g/mol. The molecule has 3 rings (SSSR count). The number of aromatic nitrogens is 4. The van der Waals surface area contributed by atoms with Gasteiger partial charge < -0.3 is 5.32 Å². The quantitative estimate of drug-likeness (QED) is 0.917. The lowest BCUT2D eigenvalue weighted by Crippen LogP contribution is -2.21. The minimum atomic E-state index is 0.112. The SMILES string of the molecule is CNC(Cc1ccn(C2CCCCC2)n1)c1ncccn1. The molecule has 5 heteroatoms. The van der Waals surface area contributed by atoms with Crippen LogP contribution < -0.4 is 5.32 Å². The van der Waals surface area contributed by atoms with Gasteiger partial charge in [0.25, 0.3) is 0 Å². The fourth-order valence-corrected chi connectivity index (χ4v) is 3.06. The molecule has 1 N–H and O–H groups in total. The van der Waals surface area contributed by atoms with E-state index in [2.05, 4.69) is 32.2 Å². The number of likely N-dealkylation sites (N-methyl/N-ethyl adjacent to an activating group) is 1. The van der Waals surface area contributed by atoms with E-state index < -0.39 is 0 Å². The minimum absolute atomic E-state index is 0.112. The van der Waals surface area contributed by atoms with Crippen molar-refractivity contribution in [2.45, 2.75) is 50.6 Å². The van der Waals surface area contributed by atoms with Gasteiger partial charge in [-0.05, 0) is 32.0 Å². The van der Waals surface area contributed by atoms with Crippen molar-refractivity contribution in [2.75, 3.05) is 7.05 Å². The standard InChI is InChI=1S/C16H23N5/c1-17-15(16-18-9-5-10-19-16)12-13-8-11-21(20-13)14-6-3-2-4-7-14/h5,8-11,14-15,17H,2-4,6-7,12H2,1H3. The third-order valence-corrected chi connectivity index (χ3v) is 4.27. The van der Waals surface area contributed by atoms with Crippen molar-refractivity contribution in [2.24, 2.45) is 0 Å². The van der Waals surface area contributed by atoms with E-state index in [1.165, 1.54) is 32.1 Å². The fourth-order valence-electron chi connectivity index (χ4n) is 3.06. The molecule has 1 aliphatic carbocycles. The van der Waals surface area contributed by atoms with Crippen molar-refractivity contribution in [1.29, 1.82) is 0 Å². The Bertz CT molecular complexity index is 545. The third-order valence-electron chi connectivity index (χ3n) is 4.27. The Morgan fingerprint density at radius 2 is 2.00 bits per heavy atom. The summed E-state index contributed by atoms with van der Waals surface area (Å²) >= 11 is 0. The van der Waals surface area contributed by atoms with Gasteiger partial charge in [-0.15, -0.1) is 0 Å². The van der Waals surface area contributed by atoms with Crippen molar-refractivity contribution in [3.8, 4) is 0 Å². The fraction of sp³-hybridized carbons (Fsp3) is 0.562. The van der Waals surface area contributed by atoms with Crippen LogP contribution in [0.2, 0.25) is 0 Å². The number of hydrogen-bond acceptors (Lipinski definition) is 4. The molecule has 0 radical (unpaired) electrons. The Morgan fingerprint density at radius 1 is 1.24 bits per heavy atom. The summed E-state index contributed by atoms with van der Waals surface area (Å²) in [7, 11) is 1.94. The predicted molar refractivity (Wildman–Crippen MR) is 81.9 cm³/mol. The van der Waals surface area contributed by atoms with Crippen molar-refractivity contribution in [3.63, 3.8) is 0 Å². The lowest BCUT2D eigenvalue weighted by Gasteiger charge is -2.21. The van der Waals surface area contributed by atoms with E-state index >= 15 is 0 Å². The average Bonchev–Trinajstić information content (AvgIpc) is 3.03. The topological polar surface area (TPSA) is 55.6 Å². The molecule has 0 amide bonds. The summed E-state index contributed by atoms with van der Waals surface area (Å²) in [5.74, 6) is 0.826. The summed E-state index contributed by atoms with van der Waals surface area (Å²) in [6.45, 7) is 0. The second-order valence-electron chi connectivity index (χ2n) is 5.73. The Balaban J connectivity index is 1.68. The third kappa shape index (κ3) is 3.47. The largest absolute Gasteiger partial charge is 0.310 e. The van der Waals surface area contributed by atoms with Crippen LogP contribution in [0, 0.1) is 0 Å². The zero-order chi connectivity index (χ0) is 14.5. The van der Waals surface area contributed by atoms with Crippen LogP contribution in [-0.4, -0.2) is 26.8 Å². The number of nitrogens with one attached hydrogen (secondary N) is 1. The first-order valence-electron chi connectivity index (χ1n) is 7.85. The zero-order valence-corrected chi connectivity index (χ0v) is 12.6. The summed E-state index contributed by atoms with van der Waals surface area (Å²) in [6.07, 6.45) is 13.1. The van der Waals surface area contributed by atoms with E-state index in [-0.39, 0.29) is 6.04 Å². The molecule has 0 aromatic carbocycles. The minimum Gasteiger partial charge on any atom is -0.310 e. The Kier molecular flexibility index (Phi) is 4.60. The molecule has 5 nitrogen and oxygen atoms in total. The molecule has 1 atom stereocenters. The van der Waals surface area contributed by atoms with Crippen molar-refractivity contribution in [1.82, 2.24) is 25.1 Å². The first-order chi connectivity index (χ1) is 10.4. The lowest BCUT2D eigenvalue weighted by atomic mass is 9.96. The van der Waals surface area contributed by atoms with Crippen LogP contribution in [0.5, 0.6) is 0 Å². The zero-order valence-electron chi connectivity index (χ0n) is 12.6. The van der Waals surface area contributed by atoms with Gasteiger partial charge >= 0.3 is 0 Å². The van der Waals surface area contributed by atoms with Gasteiger partial charge in [0.1, 0.15) is 5.82 Å². The molecule has 2 heterocycles. The van der Waals surface area contributed by atoms with Crippen LogP contribution >= 0.6 is 0 Å². The molecular formula is C16H23N5. The van der Waals surface area contributed by atoms with Crippen molar-refractivity contribution < 1.29 is 0 Å². The van der Waals surface area contributed by atoms with Crippen LogP contribution in [-0.2, 0) is 6.42 Å². The molecular weight excluding hydrogens is 262 g/mol. The Labute approximate surface area is 125 Å². The van der Waals surface area contributed by atoms with Gasteiger partial charge in [0.2, 0.25) is 0 Å². The normalized spacial score (nSPS) is 17.8. The maximum Gasteiger partial charge on any atom is 0.145 e. The van der Waals surface area contributed by atoms with Gasteiger partial charge in [0, 0.05) is 25.0 Å². The predicted octanol–water partition coefficient (Wildman–Crippen LogP) is 2.68. The van der Waals surface area contributed by atoms with E-state index in [0.29, 0.717) is 6.04 Å². The maximum atomic E-state index is 4.77. The number of rotatable bonds is 5. The van der Waals surface area contributed by atoms with E-state index in [1.54, 1.807) is 12.4 Å². The highest BCUT2D eigenvalue weighted by Crippen LogP contribution is 2.27. The van der Waals surface area contributed by atoms with Crippen LogP contribution in [0.1, 0.15) is 55.7 Å². The number of nitrogens with zero attached hydrogens (tertiary/aromatic N) is 4. The van der Waals surface area contributed by atoms with Crippen molar-refractivity contribution >= 4 is 0 Å². The molecule has 0 aliphatic heterocycles. The molecule has 2 aromatic heterocycles. The number of hydrogen-bond donors (Lipinski definition) is 1. The van der Waals surface area contributed by atoms with Gasteiger partial charge in [-0.1, -0.05) is 19.3 Å². The highest BCUT2D eigenvalue weighted by Gasteiger charge is 2.18. The molecule has 0 saturated heterocycles. The van der Waals surface area contributed by atoms with E-state index in [1.807, 2.05) is 13.1 Å². The highest BCUT2D eigenvalue weighted by molar-refractivity contribution is 5.07. The summed E-state index contributed by atoms with van der Waals surface area (Å²) in [5.41, 5.74) is 1.10. The Morgan fingerprint density at radius 3 is 2.71 bits per heavy atom. The summed E-state index contributed by atoms with van der Waals surface area (Å²) in [4.78, 5) is 8.67. The summed E-state index contributed by atoms with van der Waals surface area (Å²) in [5, 5.41) is 8.05. The lowest BCUT2D eigenvalue weighted by molar-refractivity contribution is 0.327. The van der Waals surface area contributed by atoms with E-state index in [9.17, 15) is 0 Å². The van der Waals surface area contributed by atoms with Crippen LogP contribution in [0.4, 0.5) is 0 Å². The van der Waals surface area contributed by atoms with E-state index in [4.69, 9.17) is 5.10 Å². The van der Waals surface area contributed by atoms with Gasteiger partial charge in [-0.3, -0.25) is 4.68 Å². The van der Waals surface area contributed by atoms with Gasteiger partial charge in [-0.2, -0.15) is 5.10 Å². The second-order valence-corrected chi connectivity index (χ2v) is 5.73. The molecule has 0 bridgehead atoms. The summed E-state index contributed by atoms with van der Waals surface area (Å²) in [6, 6.07) is 4.67. The van der Waals surface area contributed by atoms with Gasteiger partial charge in [0.05, 0.1) is 17.8 Å². The molecule has 1 saturated carbocycles. The second kappa shape index (κ2) is 6.80. The first-order valence-corrected chi connectivity index (χ1v) is 7.85. The molecule has 112 valence electrons. The molecule has 1 unspecified atom stereocenters. The maximum absolute atomic E-state index is 4.77. The molecule has 0 spiro atoms. The van der Waals surface area contributed by atoms with Crippen LogP contribution in [0.15, 0.2) is 30.7 Å². The molecule has 1 aliphatic rings. The van der Waals surface area contributed by atoms with Crippen LogP contribution in [0.3, 0.4) is 0 Å². The Hall–Kier alpha value is -1.75. The smallest absolute Gasteiger partial charge is 0.145 e. The molecule has 1 fully saturated rings. The summed E-state index contributed by atoms with van der Waals surface area (Å²) < 4.78 is 2.16. The first kappa shape index (κ1) is 14.2. The van der Waals surface area contributed by atoms with Crippen LogP contribution in [0.25, 0.3) is 0 Å². The molecule has 2 aromatic rings. The van der Waals surface area contributed by atoms with Gasteiger partial charge in [-0.25, -0.2) is 9.97 Å². The van der Waals surface area contributed by atoms with Crippen molar-refractivity contribution in [3.05, 3.63) is 42.2 Å². The van der Waals surface area contributed by atoms with Gasteiger partial charge in [0.15, 0.2) is 0 Å². The van der Waals surface area contributed by atoms with E-state index in [0.717, 1.165) is 17.9 Å². The molecule has 21 heavy (non-hydrogen) atoms. The average molecular weight is 285 g/mol.